The van der Waals surface area contributed by atoms with Crippen LogP contribution in [0.5, 0.6) is 5.75 Å². The van der Waals surface area contributed by atoms with Gasteiger partial charge < -0.3 is 9.15 Å². The van der Waals surface area contributed by atoms with Crippen molar-refractivity contribution < 1.29 is 9.15 Å². The van der Waals surface area contributed by atoms with Crippen LogP contribution in [0.4, 0.5) is 0 Å². The molecule has 29 heavy (non-hydrogen) atoms. The van der Waals surface area contributed by atoms with Crippen molar-refractivity contribution in [1.82, 2.24) is 4.72 Å². The van der Waals surface area contributed by atoms with E-state index in [9.17, 15) is 4.79 Å². The highest BCUT2D eigenvalue weighted by molar-refractivity contribution is 7.98. The molecule has 0 aliphatic heterocycles. The summed E-state index contributed by atoms with van der Waals surface area (Å²) in [6.07, 6.45) is 0. The third-order valence-corrected chi connectivity index (χ3v) is 5.84. The lowest BCUT2D eigenvalue weighted by Gasteiger charge is -2.23. The van der Waals surface area contributed by atoms with Gasteiger partial charge in [0.05, 0.1) is 12.5 Å². The van der Waals surface area contributed by atoms with Crippen LogP contribution in [0.15, 0.2) is 45.6 Å². The molecule has 0 unspecified atom stereocenters. The number of aryl methyl sites for hydroxylation is 1. The van der Waals surface area contributed by atoms with Gasteiger partial charge >= 0.3 is 0 Å². The summed E-state index contributed by atoms with van der Waals surface area (Å²) in [7, 11) is 1.63. The van der Waals surface area contributed by atoms with Gasteiger partial charge in [0.1, 0.15) is 17.1 Å². The third-order valence-electron chi connectivity index (χ3n) is 4.75. The van der Waals surface area contributed by atoms with Crippen LogP contribution in [-0.4, -0.2) is 11.9 Å². The van der Waals surface area contributed by atoms with Crippen molar-refractivity contribution in [3.8, 4) is 17.1 Å². The second kappa shape index (κ2) is 8.25. The van der Waals surface area contributed by atoms with Crippen LogP contribution in [0.2, 0.25) is 0 Å². The summed E-state index contributed by atoms with van der Waals surface area (Å²) in [5.41, 5.74) is 4.17. The third kappa shape index (κ3) is 4.68. The molecule has 3 rings (SSSR count). The summed E-state index contributed by atoms with van der Waals surface area (Å²) in [4.78, 5) is 13.2. The maximum atomic E-state index is 13.2. The fourth-order valence-corrected chi connectivity index (χ4v) is 3.89. The fraction of sp³-hybridized carbons (Fsp3) is 0.375. The van der Waals surface area contributed by atoms with Crippen molar-refractivity contribution in [2.45, 2.75) is 52.3 Å². The highest BCUT2D eigenvalue weighted by Gasteiger charge is 2.20. The van der Waals surface area contributed by atoms with E-state index >= 15 is 0 Å². The Labute approximate surface area is 176 Å². The maximum Gasteiger partial charge on any atom is 0.196 e. The van der Waals surface area contributed by atoms with Gasteiger partial charge in [0.25, 0.3) is 0 Å². The summed E-state index contributed by atoms with van der Waals surface area (Å²) >= 11 is 1.68. The molecule has 2 aromatic carbocycles. The summed E-state index contributed by atoms with van der Waals surface area (Å²) < 4.78 is 15.2. The number of nitrogens with one attached hydrogen (secondary N) is 1. The first-order valence-electron chi connectivity index (χ1n) is 9.76. The topological polar surface area (TPSA) is 51.5 Å². The molecule has 5 heteroatoms. The molecule has 0 saturated carbocycles. The summed E-state index contributed by atoms with van der Waals surface area (Å²) in [6.45, 7) is 12.4. The smallest absolute Gasteiger partial charge is 0.196 e. The standard InChI is InChI=1S/C24H29NO3S/c1-14-12-19(16(3)25-29-24(4,5)6)23-20(13-14)21(26)15(2)22(28-23)17-8-10-18(27-7)11-9-17/h8-13,16,25H,1-7H3/t16-/m1/s1. The first-order chi connectivity index (χ1) is 13.6. The van der Waals surface area contributed by atoms with E-state index in [0.717, 1.165) is 22.4 Å². The minimum absolute atomic E-state index is 0.0118. The molecule has 0 bridgehead atoms. The molecule has 0 fully saturated rings. The molecule has 1 heterocycles. The van der Waals surface area contributed by atoms with Crippen LogP contribution in [0.3, 0.4) is 0 Å². The molecule has 154 valence electrons. The first kappa shape index (κ1) is 21.5. The summed E-state index contributed by atoms with van der Waals surface area (Å²) in [5.74, 6) is 1.37. The zero-order chi connectivity index (χ0) is 21.3. The number of ether oxygens (including phenoxy) is 1. The van der Waals surface area contributed by atoms with E-state index in [1.807, 2.05) is 44.2 Å². The average molecular weight is 412 g/mol. The van der Waals surface area contributed by atoms with Gasteiger partial charge in [-0.25, -0.2) is 0 Å². The van der Waals surface area contributed by atoms with Gasteiger partial charge in [0.2, 0.25) is 0 Å². The molecule has 0 aliphatic carbocycles. The second-order valence-electron chi connectivity index (χ2n) is 8.40. The Morgan fingerprint density at radius 1 is 1.10 bits per heavy atom. The van der Waals surface area contributed by atoms with Crippen molar-refractivity contribution in [3.63, 3.8) is 0 Å². The number of fused-ring (bicyclic) bond motifs is 1. The Morgan fingerprint density at radius 2 is 1.76 bits per heavy atom. The van der Waals surface area contributed by atoms with Gasteiger partial charge in [-0.05, 0) is 77.4 Å². The van der Waals surface area contributed by atoms with Crippen molar-refractivity contribution in [3.05, 3.63) is 63.3 Å². The number of benzene rings is 2. The molecule has 0 saturated heterocycles. The second-order valence-corrected chi connectivity index (χ2v) is 10.1. The molecule has 1 atom stereocenters. The lowest BCUT2D eigenvalue weighted by molar-refractivity contribution is 0.415. The van der Waals surface area contributed by atoms with Crippen molar-refractivity contribution in [1.29, 1.82) is 0 Å². The largest absolute Gasteiger partial charge is 0.497 e. The quantitative estimate of drug-likeness (QED) is 0.508. The number of rotatable bonds is 5. The molecule has 0 spiro atoms. The monoisotopic (exact) mass is 411 g/mol. The fourth-order valence-electron chi connectivity index (χ4n) is 3.24. The normalized spacial score (nSPS) is 12.9. The molecule has 4 nitrogen and oxygen atoms in total. The van der Waals surface area contributed by atoms with Crippen LogP contribution >= 0.6 is 11.9 Å². The van der Waals surface area contributed by atoms with Crippen LogP contribution in [0, 0.1) is 13.8 Å². The van der Waals surface area contributed by atoms with Crippen LogP contribution in [0.25, 0.3) is 22.3 Å². The SMILES string of the molecule is COc1ccc(-c2oc3c([C@@H](C)NSC(C)(C)C)cc(C)cc3c(=O)c2C)cc1. The van der Waals surface area contributed by atoms with Gasteiger partial charge in [0.15, 0.2) is 5.43 Å². The zero-order valence-electron chi connectivity index (χ0n) is 18.2. The number of hydrogen-bond donors (Lipinski definition) is 1. The Balaban J connectivity index is 2.17. The summed E-state index contributed by atoms with van der Waals surface area (Å²) in [5, 5.41) is 0.629. The summed E-state index contributed by atoms with van der Waals surface area (Å²) in [6, 6.07) is 11.6. The molecular formula is C24H29NO3S. The molecule has 1 aromatic heterocycles. The Morgan fingerprint density at radius 3 is 2.34 bits per heavy atom. The van der Waals surface area contributed by atoms with E-state index in [1.54, 1.807) is 19.1 Å². The Hall–Kier alpha value is -2.24. The van der Waals surface area contributed by atoms with E-state index in [4.69, 9.17) is 9.15 Å². The van der Waals surface area contributed by atoms with Crippen molar-refractivity contribution >= 4 is 22.9 Å². The molecular weight excluding hydrogens is 382 g/mol. The predicted octanol–water partition coefficient (Wildman–Crippen LogP) is 6.18. The maximum absolute atomic E-state index is 13.2. The average Bonchev–Trinajstić information content (AvgIpc) is 2.68. The van der Waals surface area contributed by atoms with E-state index in [2.05, 4.69) is 38.5 Å². The molecule has 0 amide bonds. The lowest BCUT2D eigenvalue weighted by atomic mass is 9.99. The van der Waals surface area contributed by atoms with Gasteiger partial charge in [-0.3, -0.25) is 9.52 Å². The van der Waals surface area contributed by atoms with Crippen LogP contribution < -0.4 is 14.9 Å². The molecule has 3 aromatic rings. The molecule has 1 N–H and O–H groups in total. The molecule has 0 radical (unpaired) electrons. The van der Waals surface area contributed by atoms with E-state index < -0.39 is 0 Å². The highest BCUT2D eigenvalue weighted by atomic mass is 32.2. The minimum atomic E-state index is 0.0118. The number of methoxy groups -OCH3 is 1. The van der Waals surface area contributed by atoms with Gasteiger partial charge in [-0.15, -0.1) is 0 Å². The Bertz CT molecular complexity index is 1080. The van der Waals surface area contributed by atoms with E-state index in [0.29, 0.717) is 22.3 Å². The van der Waals surface area contributed by atoms with Crippen molar-refractivity contribution in [2.75, 3.05) is 7.11 Å². The van der Waals surface area contributed by atoms with E-state index in [-0.39, 0.29) is 16.2 Å². The number of hydrogen-bond acceptors (Lipinski definition) is 5. The van der Waals surface area contributed by atoms with Crippen LogP contribution in [-0.2, 0) is 0 Å². The predicted molar refractivity (Wildman–Crippen MR) is 123 cm³/mol. The first-order valence-corrected chi connectivity index (χ1v) is 10.6. The molecule has 0 aliphatic rings. The zero-order valence-corrected chi connectivity index (χ0v) is 19.0. The van der Waals surface area contributed by atoms with Gasteiger partial charge in [-0.2, -0.15) is 0 Å². The van der Waals surface area contributed by atoms with Crippen molar-refractivity contribution in [2.24, 2.45) is 0 Å². The van der Waals surface area contributed by atoms with E-state index in [1.165, 1.54) is 0 Å². The van der Waals surface area contributed by atoms with Crippen LogP contribution in [0.1, 0.15) is 50.4 Å². The van der Waals surface area contributed by atoms with Gasteiger partial charge in [-0.1, -0.05) is 18.0 Å². The van der Waals surface area contributed by atoms with Gasteiger partial charge in [0, 0.05) is 27.5 Å². The lowest BCUT2D eigenvalue weighted by Crippen LogP contribution is -2.20. The Kier molecular flexibility index (Phi) is 6.11. The highest BCUT2D eigenvalue weighted by Crippen LogP contribution is 2.33. The minimum Gasteiger partial charge on any atom is -0.497 e.